The fourth-order valence-corrected chi connectivity index (χ4v) is 3.91. The molecule has 7 nitrogen and oxygen atoms in total. The number of benzene rings is 2. The number of carbonyl (C=O) groups excluding carboxylic acids is 2. The van der Waals surface area contributed by atoms with E-state index in [4.69, 9.17) is 27.8 Å². The smallest absolute Gasteiger partial charge is 0.338 e. The van der Waals surface area contributed by atoms with Crippen LogP contribution < -0.4 is 14.2 Å². The lowest BCUT2D eigenvalue weighted by Gasteiger charge is -2.38. The van der Waals surface area contributed by atoms with Gasteiger partial charge in [-0.15, -0.1) is 0 Å². The second-order valence-corrected chi connectivity index (χ2v) is 7.44. The summed E-state index contributed by atoms with van der Waals surface area (Å²) in [6, 6.07) is 8.45. The molecule has 1 saturated carbocycles. The van der Waals surface area contributed by atoms with Crippen LogP contribution in [0.4, 0.5) is 0 Å². The molecule has 0 radical (unpaired) electrons. The van der Waals surface area contributed by atoms with Gasteiger partial charge >= 0.3 is 11.9 Å². The second-order valence-electron chi connectivity index (χ2n) is 7.44. The van der Waals surface area contributed by atoms with Crippen LogP contribution in [0.5, 0.6) is 17.2 Å². The van der Waals surface area contributed by atoms with Crippen LogP contribution in [0.15, 0.2) is 30.3 Å². The van der Waals surface area contributed by atoms with Crippen LogP contribution in [0.25, 0.3) is 11.1 Å². The Morgan fingerprint density at radius 3 is 2.60 bits per heavy atom. The third-order valence-corrected chi connectivity index (χ3v) is 5.81. The van der Waals surface area contributed by atoms with Gasteiger partial charge in [-0.2, -0.15) is 0 Å². The highest BCUT2D eigenvalue weighted by molar-refractivity contribution is 5.94. The summed E-state index contributed by atoms with van der Waals surface area (Å²) in [5.41, 5.74) is 1.58. The van der Waals surface area contributed by atoms with Crippen LogP contribution in [0.1, 0.15) is 39.3 Å². The first-order valence-corrected chi connectivity index (χ1v) is 9.59. The SMILES string of the molecule is [2H]C([2H])([2H])Oc1c(OC)ccc(-c2ccc3c(c2)COC3=O)c1OCC1(C(=O)OC)CCC1. The summed E-state index contributed by atoms with van der Waals surface area (Å²) in [4.78, 5) is 24.2. The fourth-order valence-electron chi connectivity index (χ4n) is 3.91. The van der Waals surface area contributed by atoms with E-state index in [0.29, 0.717) is 35.1 Å². The third kappa shape index (κ3) is 3.24. The molecule has 0 bridgehead atoms. The van der Waals surface area contributed by atoms with Gasteiger partial charge in [0, 0.05) is 11.1 Å². The lowest BCUT2D eigenvalue weighted by atomic mass is 9.69. The summed E-state index contributed by atoms with van der Waals surface area (Å²) in [6.07, 6.45) is 2.07. The fraction of sp³-hybridized carbons (Fsp3) is 0.391. The van der Waals surface area contributed by atoms with Crippen LogP contribution in [0.2, 0.25) is 0 Å². The van der Waals surface area contributed by atoms with Crippen molar-refractivity contribution in [3.63, 3.8) is 0 Å². The van der Waals surface area contributed by atoms with Gasteiger partial charge in [0.2, 0.25) is 5.75 Å². The first kappa shape index (κ1) is 16.6. The zero-order chi connectivity index (χ0) is 23.8. The molecule has 2 aromatic carbocycles. The molecule has 1 heterocycles. The number of hydrogen-bond acceptors (Lipinski definition) is 7. The van der Waals surface area contributed by atoms with E-state index in [2.05, 4.69) is 0 Å². The molecule has 4 rings (SSSR count). The van der Waals surface area contributed by atoms with Crippen molar-refractivity contribution in [3.8, 4) is 28.4 Å². The molecule has 1 fully saturated rings. The maximum absolute atomic E-state index is 12.4. The normalized spacial score (nSPS) is 18.1. The van der Waals surface area contributed by atoms with E-state index >= 15 is 0 Å². The number of methoxy groups -OCH3 is 3. The van der Waals surface area contributed by atoms with Crippen LogP contribution in [-0.4, -0.2) is 39.8 Å². The van der Waals surface area contributed by atoms with E-state index in [0.717, 1.165) is 6.42 Å². The van der Waals surface area contributed by atoms with Crippen molar-refractivity contribution in [2.24, 2.45) is 5.41 Å². The van der Waals surface area contributed by atoms with Gasteiger partial charge in [0.15, 0.2) is 11.5 Å². The Hall–Kier alpha value is -3.22. The van der Waals surface area contributed by atoms with E-state index < -0.39 is 12.5 Å². The molecule has 0 N–H and O–H groups in total. The van der Waals surface area contributed by atoms with Crippen molar-refractivity contribution in [2.75, 3.05) is 27.9 Å². The number of carbonyl (C=O) groups is 2. The highest BCUT2D eigenvalue weighted by Crippen LogP contribution is 2.48. The highest BCUT2D eigenvalue weighted by atomic mass is 16.5. The molecule has 2 aromatic rings. The molecule has 0 aromatic heterocycles. The average Bonchev–Trinajstić information content (AvgIpc) is 3.12. The molecule has 2 aliphatic rings. The minimum Gasteiger partial charge on any atom is -0.493 e. The van der Waals surface area contributed by atoms with Crippen LogP contribution >= 0.6 is 0 Å². The van der Waals surface area contributed by atoms with Gasteiger partial charge in [-0.05, 0) is 42.7 Å². The van der Waals surface area contributed by atoms with Crippen molar-refractivity contribution in [3.05, 3.63) is 41.5 Å². The molecule has 0 unspecified atom stereocenters. The lowest BCUT2D eigenvalue weighted by Crippen LogP contribution is -2.44. The summed E-state index contributed by atoms with van der Waals surface area (Å²) < 4.78 is 49.6. The zero-order valence-electron chi connectivity index (χ0n) is 19.8. The summed E-state index contributed by atoms with van der Waals surface area (Å²) in [5.74, 6) is -0.554. The molecule has 0 atom stereocenters. The average molecular weight is 415 g/mol. The second kappa shape index (κ2) is 7.89. The summed E-state index contributed by atoms with van der Waals surface area (Å²) in [6.45, 7) is 0.141. The van der Waals surface area contributed by atoms with Crippen molar-refractivity contribution in [1.82, 2.24) is 0 Å². The molecule has 30 heavy (non-hydrogen) atoms. The molecule has 7 heteroatoms. The van der Waals surface area contributed by atoms with Gasteiger partial charge in [-0.25, -0.2) is 4.79 Å². The highest BCUT2D eigenvalue weighted by Gasteiger charge is 2.46. The summed E-state index contributed by atoms with van der Waals surface area (Å²) in [7, 11) is -0.0411. The predicted octanol–water partition coefficient (Wildman–Crippen LogP) is 3.76. The Kier molecular flexibility index (Phi) is 4.36. The van der Waals surface area contributed by atoms with E-state index in [1.165, 1.54) is 14.2 Å². The Morgan fingerprint density at radius 1 is 1.13 bits per heavy atom. The van der Waals surface area contributed by atoms with Crippen molar-refractivity contribution in [1.29, 1.82) is 0 Å². The molecule has 0 amide bonds. The number of cyclic esters (lactones) is 1. The predicted molar refractivity (Wildman–Crippen MR) is 108 cm³/mol. The largest absolute Gasteiger partial charge is 0.493 e. The summed E-state index contributed by atoms with van der Waals surface area (Å²) in [5, 5.41) is 0. The molecule has 1 aliphatic heterocycles. The Morgan fingerprint density at radius 2 is 1.93 bits per heavy atom. The van der Waals surface area contributed by atoms with Gasteiger partial charge in [0.05, 0.1) is 30.9 Å². The number of fused-ring (bicyclic) bond motifs is 1. The number of ether oxygens (including phenoxy) is 5. The first-order valence-electron chi connectivity index (χ1n) is 11.1. The molecule has 158 valence electrons. The van der Waals surface area contributed by atoms with Gasteiger partial charge < -0.3 is 23.7 Å². The van der Waals surface area contributed by atoms with Crippen molar-refractivity contribution >= 4 is 11.9 Å². The monoisotopic (exact) mass is 415 g/mol. The topological polar surface area (TPSA) is 80.3 Å². The van der Waals surface area contributed by atoms with Crippen LogP contribution in [0.3, 0.4) is 0 Å². The van der Waals surface area contributed by atoms with E-state index in [1.807, 2.05) is 0 Å². The third-order valence-electron chi connectivity index (χ3n) is 5.81. The molecule has 0 spiro atoms. The van der Waals surface area contributed by atoms with E-state index in [1.54, 1.807) is 30.3 Å². The standard InChI is InChI=1S/C23H24O7/c1-26-18-8-7-16(14-5-6-17-15(11-14)12-29-21(17)24)19(20(18)27-2)30-13-23(9-4-10-23)22(25)28-3/h5-8,11H,4,9-10,12-13H2,1-3H3/i2D3. The Balaban J connectivity index is 1.80. The Bertz CT molecular complexity index is 1090. The molecular formula is C23H24O7. The maximum Gasteiger partial charge on any atom is 0.338 e. The van der Waals surface area contributed by atoms with E-state index in [-0.39, 0.29) is 42.4 Å². The number of esters is 2. The molecular weight excluding hydrogens is 388 g/mol. The van der Waals surface area contributed by atoms with Crippen LogP contribution in [0, 0.1) is 5.41 Å². The minimum absolute atomic E-state index is 0.0102. The lowest BCUT2D eigenvalue weighted by molar-refractivity contribution is -0.161. The molecule has 1 aliphatic carbocycles. The number of hydrogen-bond donors (Lipinski definition) is 0. The first-order chi connectivity index (χ1) is 15.7. The Labute approximate surface area is 179 Å². The summed E-state index contributed by atoms with van der Waals surface area (Å²) >= 11 is 0. The van der Waals surface area contributed by atoms with Gasteiger partial charge in [-0.3, -0.25) is 4.79 Å². The quantitative estimate of drug-likeness (QED) is 0.637. The maximum atomic E-state index is 12.4. The number of rotatable bonds is 7. The minimum atomic E-state index is -2.77. The van der Waals surface area contributed by atoms with Gasteiger partial charge in [0.25, 0.3) is 0 Å². The van der Waals surface area contributed by atoms with Gasteiger partial charge in [-0.1, -0.05) is 12.5 Å². The molecule has 0 saturated heterocycles. The van der Waals surface area contributed by atoms with Gasteiger partial charge in [0.1, 0.15) is 18.6 Å². The van der Waals surface area contributed by atoms with E-state index in [9.17, 15) is 9.59 Å². The zero-order valence-corrected chi connectivity index (χ0v) is 16.8. The van der Waals surface area contributed by atoms with Crippen LogP contribution in [-0.2, 0) is 20.9 Å². The van der Waals surface area contributed by atoms with Crippen molar-refractivity contribution in [2.45, 2.75) is 25.9 Å². The van der Waals surface area contributed by atoms with Crippen molar-refractivity contribution < 1.29 is 37.4 Å².